The van der Waals surface area contributed by atoms with Crippen LogP contribution in [0.15, 0.2) is 48.5 Å². The summed E-state index contributed by atoms with van der Waals surface area (Å²) in [6.45, 7) is 2.77. The normalized spacial score (nSPS) is 10.4. The fourth-order valence-electron chi connectivity index (χ4n) is 2.41. The number of hydrogen-bond donors (Lipinski definition) is 3. The Labute approximate surface area is 139 Å². The summed E-state index contributed by atoms with van der Waals surface area (Å²) in [5.41, 5.74) is 3.94. The predicted molar refractivity (Wildman–Crippen MR) is 91.7 cm³/mol. The van der Waals surface area contributed by atoms with Gasteiger partial charge in [-0.15, -0.1) is 5.10 Å². The second-order valence-electron chi connectivity index (χ2n) is 5.25. The minimum Gasteiger partial charge on any atom is -0.381 e. The number of tetrazole rings is 1. The van der Waals surface area contributed by atoms with Crippen LogP contribution in [0, 0.1) is 0 Å². The summed E-state index contributed by atoms with van der Waals surface area (Å²) in [4.78, 5) is 12.2. The van der Waals surface area contributed by atoms with E-state index in [0.29, 0.717) is 12.1 Å². The van der Waals surface area contributed by atoms with Crippen molar-refractivity contribution in [1.29, 1.82) is 0 Å². The number of hydrogen-bond acceptors (Lipinski definition) is 5. The Morgan fingerprint density at radius 2 is 2.04 bits per heavy atom. The van der Waals surface area contributed by atoms with Gasteiger partial charge in [0.1, 0.15) is 0 Å². The molecule has 0 radical (unpaired) electrons. The zero-order valence-corrected chi connectivity index (χ0v) is 13.3. The van der Waals surface area contributed by atoms with Gasteiger partial charge in [-0.3, -0.25) is 10.1 Å². The molecule has 0 aliphatic carbocycles. The van der Waals surface area contributed by atoms with E-state index in [-0.39, 0.29) is 11.9 Å². The van der Waals surface area contributed by atoms with E-state index in [1.807, 2.05) is 30.3 Å². The summed E-state index contributed by atoms with van der Waals surface area (Å²) in [6.07, 6.45) is 0.969. The highest BCUT2D eigenvalue weighted by Crippen LogP contribution is 2.17. The smallest absolute Gasteiger partial charge is 0.270 e. The summed E-state index contributed by atoms with van der Waals surface area (Å²) in [7, 11) is 0. The molecule has 0 aliphatic rings. The number of nitrogens with one attached hydrogen (secondary N) is 3. The van der Waals surface area contributed by atoms with E-state index in [1.54, 1.807) is 6.07 Å². The number of carbonyl (C=O) groups is 1. The highest BCUT2D eigenvalue weighted by Gasteiger charge is 2.09. The van der Waals surface area contributed by atoms with Crippen molar-refractivity contribution in [1.82, 2.24) is 20.6 Å². The standard InChI is InChI=1S/C17H18N6O/c1-2-13-7-3-4-9-15(13)18-11-12-6-5-8-14(10-12)16(24)19-17-20-22-23-21-17/h3-10,18H,2,11H2,1H3,(H2,19,20,21,22,23,24). The van der Waals surface area contributed by atoms with Gasteiger partial charge in [-0.25, -0.2) is 0 Å². The lowest BCUT2D eigenvalue weighted by Gasteiger charge is -2.11. The quantitative estimate of drug-likeness (QED) is 0.648. The molecule has 0 fully saturated rings. The number of aryl methyl sites for hydroxylation is 1. The molecular formula is C17H18N6O. The third-order valence-electron chi connectivity index (χ3n) is 3.64. The first-order valence-electron chi connectivity index (χ1n) is 7.72. The Morgan fingerprint density at radius 3 is 2.83 bits per heavy atom. The Hall–Kier alpha value is -3.22. The molecule has 0 aliphatic heterocycles. The lowest BCUT2D eigenvalue weighted by molar-refractivity contribution is 0.102. The van der Waals surface area contributed by atoms with Crippen molar-refractivity contribution in [3.63, 3.8) is 0 Å². The van der Waals surface area contributed by atoms with Crippen LogP contribution in [0.5, 0.6) is 0 Å². The number of rotatable bonds is 6. The third-order valence-corrected chi connectivity index (χ3v) is 3.64. The van der Waals surface area contributed by atoms with E-state index in [4.69, 9.17) is 0 Å². The first-order chi connectivity index (χ1) is 11.8. The Kier molecular flexibility index (Phi) is 4.81. The number of aromatic amines is 1. The zero-order chi connectivity index (χ0) is 16.8. The molecule has 3 aromatic rings. The molecule has 24 heavy (non-hydrogen) atoms. The van der Waals surface area contributed by atoms with Crippen LogP contribution in [-0.2, 0) is 13.0 Å². The van der Waals surface area contributed by atoms with Crippen LogP contribution in [0.4, 0.5) is 11.6 Å². The summed E-state index contributed by atoms with van der Waals surface area (Å²) in [6, 6.07) is 15.6. The number of aromatic nitrogens is 4. The Balaban J connectivity index is 1.68. The predicted octanol–water partition coefficient (Wildman–Crippen LogP) is 2.63. The maximum Gasteiger partial charge on any atom is 0.270 e. The van der Waals surface area contributed by atoms with Crippen LogP contribution in [0.2, 0.25) is 0 Å². The number of nitrogens with zero attached hydrogens (tertiary/aromatic N) is 3. The SMILES string of the molecule is CCc1ccccc1NCc1cccc(C(=O)Nc2nn[nH]n2)c1. The molecule has 1 amide bonds. The molecule has 7 nitrogen and oxygen atoms in total. The van der Waals surface area contributed by atoms with Gasteiger partial charge in [0.25, 0.3) is 11.9 Å². The minimum atomic E-state index is -0.271. The number of benzene rings is 2. The van der Waals surface area contributed by atoms with Gasteiger partial charge in [0.05, 0.1) is 0 Å². The second-order valence-corrected chi connectivity index (χ2v) is 5.25. The number of H-pyrrole nitrogens is 1. The molecule has 3 N–H and O–H groups in total. The van der Waals surface area contributed by atoms with Gasteiger partial charge in [-0.1, -0.05) is 42.4 Å². The third kappa shape index (κ3) is 3.75. The molecule has 7 heteroatoms. The van der Waals surface area contributed by atoms with Crippen LogP contribution in [0.1, 0.15) is 28.4 Å². The van der Waals surface area contributed by atoms with Gasteiger partial charge in [0.15, 0.2) is 0 Å². The van der Waals surface area contributed by atoms with Gasteiger partial charge < -0.3 is 5.32 Å². The van der Waals surface area contributed by atoms with Gasteiger partial charge in [0, 0.05) is 17.8 Å². The Morgan fingerprint density at radius 1 is 1.17 bits per heavy atom. The number of anilines is 2. The number of carbonyl (C=O) groups excluding carboxylic acids is 1. The van der Waals surface area contributed by atoms with Crippen LogP contribution in [-0.4, -0.2) is 26.5 Å². The molecule has 0 saturated heterocycles. The van der Waals surface area contributed by atoms with E-state index in [9.17, 15) is 4.79 Å². The largest absolute Gasteiger partial charge is 0.381 e. The monoisotopic (exact) mass is 322 g/mol. The number of para-hydroxylation sites is 1. The van der Waals surface area contributed by atoms with Crippen molar-refractivity contribution in [2.45, 2.75) is 19.9 Å². The van der Waals surface area contributed by atoms with Crippen molar-refractivity contribution < 1.29 is 4.79 Å². The fraction of sp³-hybridized carbons (Fsp3) is 0.176. The molecule has 3 rings (SSSR count). The van der Waals surface area contributed by atoms with Crippen LogP contribution >= 0.6 is 0 Å². The molecule has 0 unspecified atom stereocenters. The van der Waals surface area contributed by atoms with Crippen molar-refractivity contribution >= 4 is 17.5 Å². The van der Waals surface area contributed by atoms with Crippen molar-refractivity contribution in [3.8, 4) is 0 Å². The second kappa shape index (κ2) is 7.36. The summed E-state index contributed by atoms with van der Waals surface area (Å²) in [5, 5.41) is 19.1. The van der Waals surface area contributed by atoms with Gasteiger partial charge in [-0.2, -0.15) is 5.21 Å². The molecule has 122 valence electrons. The molecule has 0 saturated carbocycles. The molecular weight excluding hydrogens is 304 g/mol. The van der Waals surface area contributed by atoms with Crippen molar-refractivity contribution in [3.05, 3.63) is 65.2 Å². The molecule has 0 spiro atoms. The summed E-state index contributed by atoms with van der Waals surface area (Å²) in [5.74, 6) is -0.118. The van der Waals surface area contributed by atoms with Gasteiger partial charge in [0.2, 0.25) is 0 Å². The van der Waals surface area contributed by atoms with E-state index in [0.717, 1.165) is 17.7 Å². The van der Waals surface area contributed by atoms with E-state index in [2.05, 4.69) is 50.3 Å². The molecule has 1 aromatic heterocycles. The lowest BCUT2D eigenvalue weighted by Crippen LogP contribution is -2.13. The van der Waals surface area contributed by atoms with Crippen molar-refractivity contribution in [2.24, 2.45) is 0 Å². The first-order valence-corrected chi connectivity index (χ1v) is 7.72. The van der Waals surface area contributed by atoms with Crippen LogP contribution < -0.4 is 10.6 Å². The Bertz CT molecular complexity index is 815. The lowest BCUT2D eigenvalue weighted by atomic mass is 10.1. The highest BCUT2D eigenvalue weighted by atomic mass is 16.1. The van der Waals surface area contributed by atoms with Crippen LogP contribution in [0.25, 0.3) is 0 Å². The van der Waals surface area contributed by atoms with Gasteiger partial charge >= 0.3 is 0 Å². The van der Waals surface area contributed by atoms with E-state index >= 15 is 0 Å². The summed E-state index contributed by atoms with van der Waals surface area (Å²) < 4.78 is 0. The van der Waals surface area contributed by atoms with E-state index in [1.165, 1.54) is 5.56 Å². The van der Waals surface area contributed by atoms with Crippen LogP contribution in [0.3, 0.4) is 0 Å². The van der Waals surface area contributed by atoms with Crippen molar-refractivity contribution in [2.75, 3.05) is 10.6 Å². The fourth-order valence-corrected chi connectivity index (χ4v) is 2.41. The topological polar surface area (TPSA) is 95.6 Å². The molecule has 0 bridgehead atoms. The zero-order valence-electron chi connectivity index (χ0n) is 13.3. The molecule has 0 atom stereocenters. The minimum absolute atomic E-state index is 0.153. The maximum absolute atomic E-state index is 12.2. The molecule has 1 heterocycles. The first kappa shape index (κ1) is 15.7. The highest BCUT2D eigenvalue weighted by molar-refractivity contribution is 6.03. The van der Waals surface area contributed by atoms with E-state index < -0.39 is 0 Å². The summed E-state index contributed by atoms with van der Waals surface area (Å²) >= 11 is 0. The maximum atomic E-state index is 12.2. The molecule has 2 aromatic carbocycles. The average molecular weight is 322 g/mol. The number of amides is 1. The van der Waals surface area contributed by atoms with Gasteiger partial charge in [-0.05, 0) is 41.0 Å². The average Bonchev–Trinajstić information content (AvgIpc) is 3.13.